The molecule has 0 rings (SSSR count). The van der Waals surface area contributed by atoms with Crippen LogP contribution in [-0.4, -0.2) is 29.4 Å². The average Bonchev–Trinajstić information content (AvgIpc) is 2.18. The summed E-state index contributed by atoms with van der Waals surface area (Å²) in [6.07, 6.45) is 4.90. The molecule has 0 aromatic carbocycles. The Morgan fingerprint density at radius 1 is 1.53 bits per heavy atom. The van der Waals surface area contributed by atoms with Gasteiger partial charge in [0, 0.05) is 6.54 Å². The van der Waals surface area contributed by atoms with Gasteiger partial charge < -0.3 is 11.1 Å². The summed E-state index contributed by atoms with van der Waals surface area (Å²) in [5.41, 5.74) is 5.47. The van der Waals surface area contributed by atoms with E-state index in [1.807, 2.05) is 18.7 Å². The fraction of sp³-hybridized carbons (Fsp3) is 0.800. The monoisotopic (exact) mass is 248 g/mol. The molecule has 0 aliphatic heterocycles. The second kappa shape index (κ2) is 8.97. The highest BCUT2D eigenvalue weighted by Crippen LogP contribution is 2.03. The minimum absolute atomic E-state index is 0.0332. The molecule has 0 saturated carbocycles. The molecule has 0 aromatic rings. The number of thiocarbonyl (C=S) groups is 1. The van der Waals surface area contributed by atoms with Crippen LogP contribution in [0.25, 0.3) is 0 Å². The van der Waals surface area contributed by atoms with E-state index in [9.17, 15) is 4.79 Å². The second-order valence-electron chi connectivity index (χ2n) is 3.35. The molecule has 0 spiro atoms. The van der Waals surface area contributed by atoms with Crippen molar-refractivity contribution in [1.82, 2.24) is 5.32 Å². The van der Waals surface area contributed by atoms with Crippen molar-refractivity contribution in [3.63, 3.8) is 0 Å². The van der Waals surface area contributed by atoms with E-state index in [-0.39, 0.29) is 11.8 Å². The number of carbonyl (C=O) groups is 1. The van der Waals surface area contributed by atoms with Crippen LogP contribution in [0.3, 0.4) is 0 Å². The highest BCUT2D eigenvalue weighted by Gasteiger charge is 2.18. The first-order chi connectivity index (χ1) is 7.13. The fourth-order valence-corrected chi connectivity index (χ4v) is 1.99. The standard InChI is InChI=1S/C10H20N2OS2/c1-3-8(9(11)14)10(13)12-6-4-5-7-15-2/h8H,3-7H2,1-2H3,(H2,11,14)(H,12,13). The molecule has 0 bridgehead atoms. The van der Waals surface area contributed by atoms with Crippen LogP contribution in [-0.2, 0) is 4.79 Å². The predicted molar refractivity (Wildman–Crippen MR) is 71.2 cm³/mol. The number of amides is 1. The van der Waals surface area contributed by atoms with E-state index in [4.69, 9.17) is 18.0 Å². The van der Waals surface area contributed by atoms with Crippen molar-refractivity contribution < 1.29 is 4.79 Å². The third-order valence-corrected chi connectivity index (χ3v) is 3.12. The van der Waals surface area contributed by atoms with Crippen LogP contribution in [0.5, 0.6) is 0 Å². The maximum Gasteiger partial charge on any atom is 0.229 e. The van der Waals surface area contributed by atoms with E-state index in [2.05, 4.69) is 11.6 Å². The van der Waals surface area contributed by atoms with E-state index in [1.54, 1.807) is 0 Å². The van der Waals surface area contributed by atoms with Gasteiger partial charge in [0.25, 0.3) is 0 Å². The second-order valence-corrected chi connectivity index (χ2v) is 4.81. The Balaban J connectivity index is 3.67. The highest BCUT2D eigenvalue weighted by molar-refractivity contribution is 7.98. The van der Waals surface area contributed by atoms with Gasteiger partial charge in [-0.1, -0.05) is 19.1 Å². The SMILES string of the molecule is CCC(C(=O)NCCCCSC)C(N)=S. The van der Waals surface area contributed by atoms with Gasteiger partial charge in [0.15, 0.2) is 0 Å². The van der Waals surface area contributed by atoms with Crippen LogP contribution < -0.4 is 11.1 Å². The van der Waals surface area contributed by atoms with Crippen LogP contribution >= 0.6 is 24.0 Å². The van der Waals surface area contributed by atoms with Crippen LogP contribution in [0.15, 0.2) is 0 Å². The largest absolute Gasteiger partial charge is 0.393 e. The molecule has 3 N–H and O–H groups in total. The molecule has 0 heterocycles. The summed E-state index contributed by atoms with van der Waals surface area (Å²) in [6, 6.07) is 0. The lowest BCUT2D eigenvalue weighted by molar-refractivity contribution is -0.123. The molecule has 1 atom stereocenters. The first kappa shape index (κ1) is 14.7. The van der Waals surface area contributed by atoms with Gasteiger partial charge >= 0.3 is 0 Å². The summed E-state index contributed by atoms with van der Waals surface area (Å²) in [6.45, 7) is 2.63. The molecule has 1 amide bonds. The number of thioether (sulfide) groups is 1. The molecule has 5 heteroatoms. The van der Waals surface area contributed by atoms with Crippen molar-refractivity contribution in [3.05, 3.63) is 0 Å². The predicted octanol–water partition coefficient (Wildman–Crippen LogP) is 1.56. The number of hydrogen-bond donors (Lipinski definition) is 2. The quantitative estimate of drug-likeness (QED) is 0.505. The van der Waals surface area contributed by atoms with Crippen LogP contribution in [0.2, 0.25) is 0 Å². The smallest absolute Gasteiger partial charge is 0.229 e. The molecule has 15 heavy (non-hydrogen) atoms. The third kappa shape index (κ3) is 6.73. The van der Waals surface area contributed by atoms with E-state index >= 15 is 0 Å². The summed E-state index contributed by atoms with van der Waals surface area (Å²) >= 11 is 6.65. The van der Waals surface area contributed by atoms with Crippen LogP contribution in [0.4, 0.5) is 0 Å². The zero-order valence-electron chi connectivity index (χ0n) is 9.41. The molecular weight excluding hydrogens is 228 g/mol. The van der Waals surface area contributed by atoms with Gasteiger partial charge in [-0.25, -0.2) is 0 Å². The Labute approximate surface area is 102 Å². The van der Waals surface area contributed by atoms with Gasteiger partial charge in [-0.3, -0.25) is 4.79 Å². The summed E-state index contributed by atoms with van der Waals surface area (Å²) < 4.78 is 0. The Morgan fingerprint density at radius 3 is 2.67 bits per heavy atom. The molecular formula is C10H20N2OS2. The molecule has 1 unspecified atom stereocenters. The molecule has 0 aromatic heterocycles. The first-order valence-corrected chi connectivity index (χ1v) is 6.99. The van der Waals surface area contributed by atoms with Crippen molar-refractivity contribution in [3.8, 4) is 0 Å². The van der Waals surface area contributed by atoms with Crippen molar-refractivity contribution in [2.45, 2.75) is 26.2 Å². The number of nitrogens with one attached hydrogen (secondary N) is 1. The zero-order chi connectivity index (χ0) is 11.7. The maximum absolute atomic E-state index is 11.6. The van der Waals surface area contributed by atoms with Crippen molar-refractivity contribution in [2.24, 2.45) is 11.7 Å². The number of hydrogen-bond acceptors (Lipinski definition) is 3. The van der Waals surface area contributed by atoms with Gasteiger partial charge in [0.2, 0.25) is 5.91 Å². The number of nitrogens with two attached hydrogens (primary N) is 1. The van der Waals surface area contributed by atoms with E-state index in [0.29, 0.717) is 11.4 Å². The molecule has 0 fully saturated rings. The number of rotatable bonds is 8. The van der Waals surface area contributed by atoms with E-state index in [1.165, 1.54) is 0 Å². The van der Waals surface area contributed by atoms with Crippen LogP contribution in [0, 0.1) is 5.92 Å². The summed E-state index contributed by atoms with van der Waals surface area (Å²) in [5, 5.41) is 2.86. The van der Waals surface area contributed by atoms with Crippen molar-refractivity contribution in [2.75, 3.05) is 18.6 Å². The molecule has 0 aliphatic rings. The van der Waals surface area contributed by atoms with Crippen molar-refractivity contribution >= 4 is 34.9 Å². The minimum Gasteiger partial charge on any atom is -0.393 e. The fourth-order valence-electron chi connectivity index (χ4n) is 1.22. The third-order valence-electron chi connectivity index (χ3n) is 2.14. The Hall–Kier alpha value is -0.290. The average molecular weight is 248 g/mol. The molecule has 0 radical (unpaired) electrons. The number of unbranched alkanes of at least 4 members (excludes halogenated alkanes) is 1. The van der Waals surface area contributed by atoms with Crippen molar-refractivity contribution in [1.29, 1.82) is 0 Å². The normalized spacial score (nSPS) is 12.1. The number of carbonyl (C=O) groups excluding carboxylic acids is 1. The minimum atomic E-state index is -0.305. The lowest BCUT2D eigenvalue weighted by atomic mass is 10.1. The Bertz CT molecular complexity index is 210. The van der Waals surface area contributed by atoms with Gasteiger partial charge in [-0.2, -0.15) is 11.8 Å². The summed E-state index contributed by atoms with van der Waals surface area (Å²) in [4.78, 5) is 11.9. The van der Waals surface area contributed by atoms with Crippen LogP contribution in [0.1, 0.15) is 26.2 Å². The van der Waals surface area contributed by atoms with E-state index < -0.39 is 0 Å². The lowest BCUT2D eigenvalue weighted by Gasteiger charge is -2.13. The van der Waals surface area contributed by atoms with Gasteiger partial charge in [-0.15, -0.1) is 0 Å². The maximum atomic E-state index is 11.6. The zero-order valence-corrected chi connectivity index (χ0v) is 11.0. The van der Waals surface area contributed by atoms with Gasteiger partial charge in [-0.05, 0) is 31.3 Å². The lowest BCUT2D eigenvalue weighted by Crippen LogP contribution is -2.37. The molecule has 0 aliphatic carbocycles. The first-order valence-electron chi connectivity index (χ1n) is 5.19. The summed E-state index contributed by atoms with van der Waals surface area (Å²) in [5.74, 6) is 0.803. The molecule has 0 saturated heterocycles. The molecule has 88 valence electrons. The Kier molecular flexibility index (Phi) is 8.80. The van der Waals surface area contributed by atoms with E-state index in [0.717, 1.165) is 25.1 Å². The topological polar surface area (TPSA) is 55.1 Å². The highest BCUT2D eigenvalue weighted by atomic mass is 32.2. The summed E-state index contributed by atoms with van der Waals surface area (Å²) in [7, 11) is 0. The van der Waals surface area contributed by atoms with Gasteiger partial charge in [0.05, 0.1) is 10.9 Å². The van der Waals surface area contributed by atoms with Gasteiger partial charge in [0.1, 0.15) is 0 Å². The molecule has 3 nitrogen and oxygen atoms in total. The Morgan fingerprint density at radius 2 is 2.20 bits per heavy atom.